The van der Waals surface area contributed by atoms with Gasteiger partial charge in [-0.15, -0.1) is 0 Å². The molecule has 2 atom stereocenters. The van der Waals surface area contributed by atoms with Gasteiger partial charge in [0.05, 0.1) is 24.3 Å². The first-order valence-corrected chi connectivity index (χ1v) is 10.8. The molecule has 2 bridgehead atoms. The van der Waals surface area contributed by atoms with Crippen molar-refractivity contribution >= 4 is 29.1 Å². The molecule has 2 aliphatic rings. The molecule has 1 fully saturated rings. The van der Waals surface area contributed by atoms with E-state index in [4.69, 9.17) is 9.84 Å². The molecule has 0 aromatic carbocycles. The first-order chi connectivity index (χ1) is 16.2. The number of ketones is 1. The summed E-state index contributed by atoms with van der Waals surface area (Å²) < 4.78 is 44.1. The highest BCUT2D eigenvalue weighted by Crippen LogP contribution is 2.39. The molecule has 0 unspecified atom stereocenters. The average Bonchev–Trinajstić information content (AvgIpc) is 3.21. The molecule has 0 radical (unpaired) electrons. The fourth-order valence-corrected chi connectivity index (χ4v) is 4.03. The molecule has 182 valence electrons. The lowest BCUT2D eigenvalue weighted by Gasteiger charge is -2.35. The van der Waals surface area contributed by atoms with Crippen LogP contribution in [0.2, 0.25) is 0 Å². The quantitative estimate of drug-likeness (QED) is 0.587. The number of anilines is 3. The number of nitrogens with one attached hydrogen (secondary N) is 1. The summed E-state index contributed by atoms with van der Waals surface area (Å²) >= 11 is 0. The number of alkyl halides is 3. The van der Waals surface area contributed by atoms with E-state index in [-0.39, 0.29) is 36.6 Å². The number of amides is 2. The van der Waals surface area contributed by atoms with Gasteiger partial charge in [-0.05, 0) is 24.6 Å². The number of Topliss-reactive ketones (excluding diaryl/α,β-unsaturated/α-hetero) is 1. The number of hydrogen-bond donors (Lipinski definition) is 2. The number of pyridine rings is 2. The van der Waals surface area contributed by atoms with E-state index in [1.165, 1.54) is 23.2 Å². The summed E-state index contributed by atoms with van der Waals surface area (Å²) in [5.41, 5.74) is 0.519. The summed E-state index contributed by atoms with van der Waals surface area (Å²) in [4.78, 5) is 37.7. The van der Waals surface area contributed by atoms with Gasteiger partial charge >= 0.3 is 12.2 Å². The van der Waals surface area contributed by atoms with Gasteiger partial charge in [-0.1, -0.05) is 6.92 Å². The van der Waals surface area contributed by atoms with Gasteiger partial charge in [0.1, 0.15) is 23.9 Å². The van der Waals surface area contributed by atoms with Gasteiger partial charge in [-0.3, -0.25) is 15.0 Å². The van der Waals surface area contributed by atoms with Crippen molar-refractivity contribution in [3.05, 3.63) is 36.2 Å². The van der Waals surface area contributed by atoms with Crippen molar-refractivity contribution in [2.45, 2.75) is 32.0 Å². The second-order valence-electron chi connectivity index (χ2n) is 8.25. The van der Waals surface area contributed by atoms with Crippen LogP contribution in [0.1, 0.15) is 30.3 Å². The summed E-state index contributed by atoms with van der Waals surface area (Å²) in [5.74, 6) is -1.69. The number of urea groups is 1. The molecule has 2 amide bonds. The van der Waals surface area contributed by atoms with Crippen LogP contribution in [0.4, 0.5) is 35.3 Å². The molecular weight excluding hydrogens is 455 g/mol. The Morgan fingerprint density at radius 2 is 2.12 bits per heavy atom. The Morgan fingerprint density at radius 1 is 1.32 bits per heavy atom. The second kappa shape index (κ2) is 9.45. The molecule has 2 aliphatic heterocycles. The Labute approximate surface area is 193 Å². The molecule has 0 spiro atoms. The third-order valence-corrected chi connectivity index (χ3v) is 5.83. The maximum atomic E-state index is 13.2. The summed E-state index contributed by atoms with van der Waals surface area (Å²) in [5, 5.41) is 11.6. The first-order valence-electron chi connectivity index (χ1n) is 10.8. The van der Waals surface area contributed by atoms with Gasteiger partial charge in [0, 0.05) is 31.8 Å². The van der Waals surface area contributed by atoms with Crippen LogP contribution in [-0.2, 0) is 0 Å². The molecule has 2 N–H and O–H groups in total. The molecule has 4 heterocycles. The minimum atomic E-state index is -4.48. The van der Waals surface area contributed by atoms with Gasteiger partial charge in [-0.2, -0.15) is 13.2 Å². The monoisotopic (exact) mass is 479 g/mol. The number of fused-ring (bicyclic) bond motifs is 4. The number of carbonyl (C=O) groups is 2. The van der Waals surface area contributed by atoms with E-state index in [0.717, 1.165) is 6.92 Å². The smallest absolute Gasteiger partial charge is 0.391 e. The highest BCUT2D eigenvalue weighted by Gasteiger charge is 2.41. The van der Waals surface area contributed by atoms with E-state index < -0.39 is 30.3 Å². The van der Waals surface area contributed by atoms with Gasteiger partial charge in [-0.25, -0.2) is 14.8 Å². The number of halogens is 3. The summed E-state index contributed by atoms with van der Waals surface area (Å²) in [7, 11) is 0. The Hall–Kier alpha value is -3.41. The number of aliphatic hydroxyl groups is 1. The maximum absolute atomic E-state index is 13.2. The highest BCUT2D eigenvalue weighted by molar-refractivity contribution is 6.05. The number of nitrogens with zero attached hydrogens (tertiary/aromatic N) is 4. The second-order valence-corrected chi connectivity index (χ2v) is 8.25. The molecule has 4 rings (SSSR count). The normalized spacial score (nSPS) is 17.9. The number of hydrogen-bond acceptors (Lipinski definition) is 7. The van der Waals surface area contributed by atoms with Crippen molar-refractivity contribution in [1.29, 1.82) is 0 Å². The van der Waals surface area contributed by atoms with E-state index in [1.807, 2.05) is 4.90 Å². The first kappa shape index (κ1) is 23.7. The Morgan fingerprint density at radius 3 is 2.85 bits per heavy atom. The number of aromatic nitrogens is 2. The SMILES string of the molecule is C[C@@H](CC(=O)c1ccc2c(n1)N(C(=O)Nc1cc(OCCO)ccn1)[C@H]1CCN2C1)C(F)(F)F. The number of carbonyl (C=O) groups excluding carboxylic acids is 2. The van der Waals surface area contributed by atoms with E-state index >= 15 is 0 Å². The number of aliphatic hydroxyl groups excluding tert-OH is 1. The van der Waals surface area contributed by atoms with Gasteiger partial charge in [0.25, 0.3) is 0 Å². The molecular formula is C22H24F3N5O4. The molecule has 0 saturated carbocycles. The third kappa shape index (κ3) is 4.91. The summed E-state index contributed by atoms with van der Waals surface area (Å²) in [6, 6.07) is 5.37. The van der Waals surface area contributed by atoms with Crippen molar-refractivity contribution in [3.8, 4) is 5.75 Å². The molecule has 34 heavy (non-hydrogen) atoms. The predicted octanol–water partition coefficient (Wildman–Crippen LogP) is 3.25. The maximum Gasteiger partial charge on any atom is 0.391 e. The summed E-state index contributed by atoms with van der Waals surface area (Å²) in [6.45, 7) is 2.13. The van der Waals surface area contributed by atoms with Crippen molar-refractivity contribution in [3.63, 3.8) is 0 Å². The fourth-order valence-electron chi connectivity index (χ4n) is 4.03. The molecule has 2 aromatic heterocycles. The topological polar surface area (TPSA) is 108 Å². The zero-order valence-electron chi connectivity index (χ0n) is 18.4. The Bertz CT molecular complexity index is 1080. The third-order valence-electron chi connectivity index (χ3n) is 5.83. The lowest BCUT2D eigenvalue weighted by Crippen LogP contribution is -2.48. The average molecular weight is 479 g/mol. The van der Waals surface area contributed by atoms with Gasteiger partial charge < -0.3 is 14.7 Å². The predicted molar refractivity (Wildman–Crippen MR) is 117 cm³/mol. The Balaban J connectivity index is 1.58. The van der Waals surface area contributed by atoms with Crippen LogP contribution in [0.25, 0.3) is 0 Å². The van der Waals surface area contributed by atoms with Crippen LogP contribution in [0.5, 0.6) is 5.75 Å². The standard InChI is InChI=1S/C22H24F3N5O4/c1-13(22(23,24)25)10-18(32)16-2-3-17-20(27-16)30(14-5-7-29(17)12-14)21(33)28-19-11-15(4-6-26-19)34-9-8-31/h2-4,6,11,13-14,31H,5,7-10,12H2,1H3,(H,26,28,33)/t13-,14-/m0/s1. The zero-order valence-corrected chi connectivity index (χ0v) is 18.4. The largest absolute Gasteiger partial charge is 0.491 e. The molecule has 9 nitrogen and oxygen atoms in total. The van der Waals surface area contributed by atoms with Gasteiger partial charge in [0.15, 0.2) is 11.6 Å². The van der Waals surface area contributed by atoms with E-state index in [0.29, 0.717) is 30.9 Å². The number of ether oxygens (including phenoxy) is 1. The molecule has 12 heteroatoms. The number of rotatable bonds is 7. The lowest BCUT2D eigenvalue weighted by atomic mass is 10.0. The Kier molecular flexibility index (Phi) is 6.60. The van der Waals surface area contributed by atoms with Crippen molar-refractivity contribution in [2.75, 3.05) is 41.4 Å². The van der Waals surface area contributed by atoms with Crippen molar-refractivity contribution < 1.29 is 32.6 Å². The van der Waals surface area contributed by atoms with E-state index in [1.54, 1.807) is 12.1 Å². The van der Waals surface area contributed by atoms with Crippen LogP contribution in [-0.4, -0.2) is 65.4 Å². The molecule has 0 aliphatic carbocycles. The van der Waals surface area contributed by atoms with Gasteiger partial charge in [0.2, 0.25) is 0 Å². The minimum absolute atomic E-state index is 0.0858. The van der Waals surface area contributed by atoms with Crippen molar-refractivity contribution in [2.24, 2.45) is 5.92 Å². The van der Waals surface area contributed by atoms with E-state index in [9.17, 15) is 22.8 Å². The van der Waals surface area contributed by atoms with Crippen LogP contribution in [0.15, 0.2) is 30.5 Å². The van der Waals surface area contributed by atoms with Crippen LogP contribution in [0.3, 0.4) is 0 Å². The van der Waals surface area contributed by atoms with Crippen LogP contribution < -0.4 is 19.9 Å². The van der Waals surface area contributed by atoms with Crippen LogP contribution >= 0.6 is 0 Å². The molecule has 2 aromatic rings. The van der Waals surface area contributed by atoms with E-state index in [2.05, 4.69) is 15.3 Å². The highest BCUT2D eigenvalue weighted by atomic mass is 19.4. The van der Waals surface area contributed by atoms with Crippen molar-refractivity contribution in [1.82, 2.24) is 9.97 Å². The zero-order chi connectivity index (χ0) is 24.5. The molecule has 1 saturated heterocycles. The summed E-state index contributed by atoms with van der Waals surface area (Å²) in [6.07, 6.45) is -3.09. The fraction of sp³-hybridized carbons (Fsp3) is 0.455. The lowest BCUT2D eigenvalue weighted by molar-refractivity contribution is -0.168. The van der Waals surface area contributed by atoms with Crippen LogP contribution in [0, 0.1) is 5.92 Å². The minimum Gasteiger partial charge on any atom is -0.491 e.